The number of thioether (sulfide) groups is 1. The molecule has 0 aliphatic heterocycles. The van der Waals surface area contributed by atoms with Crippen LogP contribution in [0, 0.1) is 18.3 Å². The second kappa shape index (κ2) is 9.08. The Labute approximate surface area is 146 Å². The molecule has 7 heteroatoms. The van der Waals surface area contributed by atoms with Gasteiger partial charge in [0.05, 0.1) is 24.8 Å². The molecule has 1 aromatic heterocycles. The first-order valence-corrected chi connectivity index (χ1v) is 8.85. The van der Waals surface area contributed by atoms with E-state index in [4.69, 9.17) is 5.26 Å². The van der Waals surface area contributed by atoms with Crippen LogP contribution in [0.4, 0.5) is 0 Å². The lowest BCUT2D eigenvalue weighted by atomic mass is 10.2. The van der Waals surface area contributed by atoms with Crippen molar-refractivity contribution in [2.24, 2.45) is 0 Å². The molecule has 6 nitrogen and oxygen atoms in total. The summed E-state index contributed by atoms with van der Waals surface area (Å²) in [6.07, 6.45) is 0.355. The molecule has 0 atom stereocenters. The van der Waals surface area contributed by atoms with Gasteiger partial charge in [-0.15, -0.1) is 10.2 Å². The van der Waals surface area contributed by atoms with Crippen molar-refractivity contribution in [2.75, 3.05) is 18.8 Å². The Hall–Kier alpha value is -2.33. The van der Waals surface area contributed by atoms with Crippen LogP contribution < -0.4 is 0 Å². The van der Waals surface area contributed by atoms with Gasteiger partial charge in [-0.05, 0) is 19.4 Å². The Morgan fingerprint density at radius 1 is 1.33 bits per heavy atom. The van der Waals surface area contributed by atoms with E-state index in [9.17, 15) is 4.79 Å². The number of hydrogen-bond donors (Lipinski definition) is 0. The SMILES string of the molecule is CCN(CCC#N)C(=O)CSc1nnc(C)n1Cc1ccccc1. The van der Waals surface area contributed by atoms with Crippen LogP contribution >= 0.6 is 11.8 Å². The van der Waals surface area contributed by atoms with Crippen LogP contribution in [0.2, 0.25) is 0 Å². The molecule has 0 saturated carbocycles. The maximum atomic E-state index is 12.3. The first kappa shape index (κ1) is 18.0. The molecule has 0 aliphatic carbocycles. The van der Waals surface area contributed by atoms with Crippen molar-refractivity contribution in [1.29, 1.82) is 5.26 Å². The number of rotatable bonds is 8. The third-order valence-corrected chi connectivity index (χ3v) is 4.59. The molecule has 1 amide bonds. The fraction of sp³-hybridized carbons (Fsp3) is 0.412. The number of nitriles is 1. The second-order valence-electron chi connectivity index (χ2n) is 5.27. The maximum Gasteiger partial charge on any atom is 0.233 e. The van der Waals surface area contributed by atoms with Crippen molar-refractivity contribution in [3.05, 3.63) is 41.7 Å². The van der Waals surface area contributed by atoms with Crippen LogP contribution in [-0.4, -0.2) is 44.4 Å². The van der Waals surface area contributed by atoms with Gasteiger partial charge in [-0.1, -0.05) is 42.1 Å². The van der Waals surface area contributed by atoms with E-state index in [-0.39, 0.29) is 5.91 Å². The molecule has 0 spiro atoms. The molecule has 0 saturated heterocycles. The summed E-state index contributed by atoms with van der Waals surface area (Å²) >= 11 is 1.39. The Bertz CT molecular complexity index is 708. The average molecular weight is 343 g/mol. The molecule has 0 bridgehead atoms. The van der Waals surface area contributed by atoms with Gasteiger partial charge in [0.1, 0.15) is 5.82 Å². The lowest BCUT2D eigenvalue weighted by Crippen LogP contribution is -2.33. The molecular formula is C17H21N5OS. The monoisotopic (exact) mass is 343 g/mol. The van der Waals surface area contributed by atoms with Gasteiger partial charge in [0.2, 0.25) is 5.91 Å². The van der Waals surface area contributed by atoms with Crippen molar-refractivity contribution in [3.63, 3.8) is 0 Å². The molecule has 126 valence electrons. The van der Waals surface area contributed by atoms with Crippen LogP contribution in [0.1, 0.15) is 24.7 Å². The number of nitrogens with zero attached hydrogens (tertiary/aromatic N) is 5. The normalized spacial score (nSPS) is 10.4. The zero-order valence-corrected chi connectivity index (χ0v) is 14.8. The summed E-state index contributed by atoms with van der Waals surface area (Å²) in [4.78, 5) is 14.0. The third kappa shape index (κ3) is 4.83. The molecule has 1 aromatic carbocycles. The number of benzene rings is 1. The van der Waals surface area contributed by atoms with E-state index in [1.807, 2.05) is 36.6 Å². The van der Waals surface area contributed by atoms with Gasteiger partial charge >= 0.3 is 0 Å². The van der Waals surface area contributed by atoms with E-state index < -0.39 is 0 Å². The van der Waals surface area contributed by atoms with E-state index in [0.29, 0.717) is 31.8 Å². The van der Waals surface area contributed by atoms with E-state index in [1.54, 1.807) is 4.90 Å². The van der Waals surface area contributed by atoms with Crippen LogP contribution in [0.3, 0.4) is 0 Å². The summed E-state index contributed by atoms with van der Waals surface area (Å²) in [7, 11) is 0. The molecule has 1 heterocycles. The topological polar surface area (TPSA) is 74.8 Å². The number of amides is 1. The summed E-state index contributed by atoms with van der Waals surface area (Å²) in [5.41, 5.74) is 1.16. The molecule has 0 radical (unpaired) electrons. The Morgan fingerprint density at radius 2 is 2.08 bits per heavy atom. The fourth-order valence-corrected chi connectivity index (χ4v) is 3.16. The van der Waals surface area contributed by atoms with Crippen LogP contribution in [0.25, 0.3) is 0 Å². The van der Waals surface area contributed by atoms with Crippen molar-refractivity contribution in [3.8, 4) is 6.07 Å². The minimum Gasteiger partial charge on any atom is -0.341 e. The highest BCUT2D eigenvalue weighted by Crippen LogP contribution is 2.19. The number of aromatic nitrogens is 3. The second-order valence-corrected chi connectivity index (χ2v) is 6.21. The van der Waals surface area contributed by atoms with E-state index in [1.165, 1.54) is 11.8 Å². The standard InChI is InChI=1S/C17H21N5OS/c1-3-21(11-7-10-18)16(23)13-24-17-20-19-14(2)22(17)12-15-8-5-4-6-9-15/h4-6,8-9H,3,7,11-13H2,1-2H3. The Balaban J connectivity index is 2.00. The highest BCUT2D eigenvalue weighted by molar-refractivity contribution is 7.99. The van der Waals surface area contributed by atoms with Gasteiger partial charge in [0.25, 0.3) is 0 Å². The minimum absolute atomic E-state index is 0.0182. The molecule has 0 N–H and O–H groups in total. The predicted molar refractivity (Wildman–Crippen MR) is 93.5 cm³/mol. The molecule has 0 unspecified atom stereocenters. The van der Waals surface area contributed by atoms with E-state index in [0.717, 1.165) is 16.5 Å². The average Bonchev–Trinajstić information content (AvgIpc) is 2.95. The number of carbonyl (C=O) groups excluding carboxylic acids is 1. The number of hydrogen-bond acceptors (Lipinski definition) is 5. The Morgan fingerprint density at radius 3 is 2.75 bits per heavy atom. The van der Waals surface area contributed by atoms with Gasteiger partial charge in [0, 0.05) is 13.1 Å². The van der Waals surface area contributed by atoms with Gasteiger partial charge in [-0.25, -0.2) is 0 Å². The van der Waals surface area contributed by atoms with Crippen LogP contribution in [-0.2, 0) is 11.3 Å². The zero-order valence-electron chi connectivity index (χ0n) is 14.0. The summed E-state index contributed by atoms with van der Waals surface area (Å²) in [5, 5.41) is 17.7. The summed E-state index contributed by atoms with van der Waals surface area (Å²) in [6, 6.07) is 12.2. The molecule has 0 fully saturated rings. The lowest BCUT2D eigenvalue weighted by molar-refractivity contribution is -0.128. The first-order valence-electron chi connectivity index (χ1n) is 7.87. The summed E-state index contributed by atoms with van der Waals surface area (Å²) in [6.45, 7) is 5.59. The van der Waals surface area contributed by atoms with Crippen molar-refractivity contribution >= 4 is 17.7 Å². The molecular weight excluding hydrogens is 322 g/mol. The van der Waals surface area contributed by atoms with E-state index in [2.05, 4.69) is 28.4 Å². The van der Waals surface area contributed by atoms with Gasteiger partial charge in [-0.3, -0.25) is 4.79 Å². The Kier molecular flexibility index (Phi) is 6.82. The highest BCUT2D eigenvalue weighted by Gasteiger charge is 2.15. The highest BCUT2D eigenvalue weighted by atomic mass is 32.2. The van der Waals surface area contributed by atoms with Gasteiger partial charge in [0.15, 0.2) is 5.16 Å². The quantitative estimate of drug-likeness (QED) is 0.688. The van der Waals surface area contributed by atoms with Crippen LogP contribution in [0.15, 0.2) is 35.5 Å². The van der Waals surface area contributed by atoms with Crippen molar-refractivity contribution in [2.45, 2.75) is 32.0 Å². The lowest BCUT2D eigenvalue weighted by Gasteiger charge is -2.19. The minimum atomic E-state index is 0.0182. The number of carbonyl (C=O) groups is 1. The number of aryl methyl sites for hydroxylation is 1. The van der Waals surface area contributed by atoms with Crippen molar-refractivity contribution < 1.29 is 4.79 Å². The zero-order chi connectivity index (χ0) is 17.4. The summed E-state index contributed by atoms with van der Waals surface area (Å²) < 4.78 is 2.01. The molecule has 2 aromatic rings. The molecule has 0 aliphatic rings. The molecule has 24 heavy (non-hydrogen) atoms. The fourth-order valence-electron chi connectivity index (χ4n) is 2.28. The molecule has 2 rings (SSSR count). The van der Waals surface area contributed by atoms with Crippen molar-refractivity contribution in [1.82, 2.24) is 19.7 Å². The largest absolute Gasteiger partial charge is 0.341 e. The first-order chi connectivity index (χ1) is 11.7. The third-order valence-electron chi connectivity index (χ3n) is 3.64. The van der Waals surface area contributed by atoms with Crippen LogP contribution in [0.5, 0.6) is 0 Å². The van der Waals surface area contributed by atoms with E-state index >= 15 is 0 Å². The summed E-state index contributed by atoms with van der Waals surface area (Å²) in [5.74, 6) is 1.14. The van der Waals surface area contributed by atoms with Gasteiger partial charge in [-0.2, -0.15) is 5.26 Å². The predicted octanol–water partition coefficient (Wildman–Crippen LogP) is 2.49. The smallest absolute Gasteiger partial charge is 0.233 e. The van der Waals surface area contributed by atoms with Gasteiger partial charge < -0.3 is 9.47 Å². The maximum absolute atomic E-state index is 12.3.